The number of carbonyl (C=O) groups is 1. The number of benzene rings is 1. The van der Waals surface area contributed by atoms with Crippen molar-refractivity contribution in [2.75, 3.05) is 6.61 Å². The molecule has 0 saturated heterocycles. The highest BCUT2D eigenvalue weighted by atomic mass is 19.3. The van der Waals surface area contributed by atoms with Crippen molar-refractivity contribution in [3.63, 3.8) is 0 Å². The zero-order chi connectivity index (χ0) is 17.3. The summed E-state index contributed by atoms with van der Waals surface area (Å²) >= 11 is 0. The van der Waals surface area contributed by atoms with Gasteiger partial charge in [0.2, 0.25) is 0 Å². The summed E-state index contributed by atoms with van der Waals surface area (Å²) in [5.74, 6) is 0.473. The summed E-state index contributed by atoms with van der Waals surface area (Å²) in [5.41, 5.74) is 2.06. The van der Waals surface area contributed by atoms with E-state index in [2.05, 4.69) is 9.84 Å². The van der Waals surface area contributed by atoms with Crippen LogP contribution in [-0.2, 0) is 11.2 Å². The molecule has 0 amide bonds. The first-order valence-corrected chi connectivity index (χ1v) is 7.74. The number of halogens is 2. The normalized spacial score (nSPS) is 16.8. The lowest BCUT2D eigenvalue weighted by atomic mass is 10.0. The van der Waals surface area contributed by atoms with Crippen LogP contribution in [0.2, 0.25) is 0 Å². The van der Waals surface area contributed by atoms with E-state index in [0.29, 0.717) is 30.0 Å². The largest absolute Gasteiger partial charge is 0.489 e. The van der Waals surface area contributed by atoms with E-state index in [-0.39, 0.29) is 17.7 Å². The van der Waals surface area contributed by atoms with Crippen molar-refractivity contribution in [1.82, 2.24) is 9.78 Å². The standard InChI is InChI=1S/C17H18F2N2O3/c1-10(2)21-14-6-11(8-22)9-23-16(14)15(20-21)12-4-3-5-13(7-12)24-17(18)19/h3-5,7-8,10-11,17H,6,9H2,1-2H3. The minimum Gasteiger partial charge on any atom is -0.489 e. The van der Waals surface area contributed by atoms with Crippen LogP contribution in [0.25, 0.3) is 11.3 Å². The van der Waals surface area contributed by atoms with Gasteiger partial charge in [0.25, 0.3) is 0 Å². The Kier molecular flexibility index (Phi) is 4.51. The third kappa shape index (κ3) is 3.11. The number of carbonyl (C=O) groups excluding carboxylic acids is 1. The quantitative estimate of drug-likeness (QED) is 0.785. The topological polar surface area (TPSA) is 53.4 Å². The van der Waals surface area contributed by atoms with Crippen LogP contribution >= 0.6 is 0 Å². The molecule has 1 atom stereocenters. The fourth-order valence-electron chi connectivity index (χ4n) is 2.81. The highest BCUT2D eigenvalue weighted by molar-refractivity contribution is 5.70. The van der Waals surface area contributed by atoms with Gasteiger partial charge in [0.15, 0.2) is 5.75 Å². The predicted molar refractivity (Wildman–Crippen MR) is 83.4 cm³/mol. The predicted octanol–water partition coefficient (Wildman–Crippen LogP) is 3.48. The zero-order valence-corrected chi connectivity index (χ0v) is 13.4. The van der Waals surface area contributed by atoms with Gasteiger partial charge in [0.1, 0.15) is 17.7 Å². The van der Waals surface area contributed by atoms with E-state index in [0.717, 1.165) is 12.0 Å². The Morgan fingerprint density at radius 2 is 2.21 bits per heavy atom. The molecule has 0 spiro atoms. The molecule has 0 bridgehead atoms. The number of alkyl halides is 2. The van der Waals surface area contributed by atoms with Gasteiger partial charge < -0.3 is 14.3 Å². The molecule has 2 heterocycles. The molecule has 2 aromatic rings. The van der Waals surface area contributed by atoms with E-state index in [9.17, 15) is 13.6 Å². The number of hydrogen-bond donors (Lipinski definition) is 0. The summed E-state index contributed by atoms with van der Waals surface area (Å²) in [6.07, 6.45) is 1.44. The van der Waals surface area contributed by atoms with Gasteiger partial charge in [-0.05, 0) is 26.0 Å². The van der Waals surface area contributed by atoms with Crippen LogP contribution in [0.1, 0.15) is 25.6 Å². The number of fused-ring (bicyclic) bond motifs is 1. The van der Waals surface area contributed by atoms with Crippen LogP contribution in [-0.4, -0.2) is 29.3 Å². The van der Waals surface area contributed by atoms with Gasteiger partial charge in [-0.1, -0.05) is 12.1 Å². The molecule has 1 aliphatic heterocycles. The zero-order valence-electron chi connectivity index (χ0n) is 13.4. The van der Waals surface area contributed by atoms with Gasteiger partial charge in [-0.15, -0.1) is 0 Å². The van der Waals surface area contributed by atoms with Gasteiger partial charge in [0, 0.05) is 18.0 Å². The lowest BCUT2D eigenvalue weighted by Crippen LogP contribution is -2.24. The minimum absolute atomic E-state index is 0.0666. The Morgan fingerprint density at radius 3 is 2.88 bits per heavy atom. The van der Waals surface area contributed by atoms with Crippen LogP contribution in [0, 0.1) is 5.92 Å². The fraction of sp³-hybridized carbons (Fsp3) is 0.412. The van der Waals surface area contributed by atoms with Crippen molar-refractivity contribution < 1.29 is 23.0 Å². The molecule has 0 N–H and O–H groups in total. The van der Waals surface area contributed by atoms with Crippen molar-refractivity contribution in [3.05, 3.63) is 30.0 Å². The maximum Gasteiger partial charge on any atom is 0.387 e. The molecule has 0 aliphatic carbocycles. The Hall–Kier alpha value is -2.44. The van der Waals surface area contributed by atoms with Crippen LogP contribution in [0.15, 0.2) is 24.3 Å². The molecule has 1 aromatic carbocycles. The second kappa shape index (κ2) is 6.59. The molecule has 1 aliphatic rings. The second-order valence-electron chi connectivity index (χ2n) is 5.98. The molecular formula is C17H18F2N2O3. The smallest absolute Gasteiger partial charge is 0.387 e. The van der Waals surface area contributed by atoms with E-state index >= 15 is 0 Å². The molecule has 128 valence electrons. The maximum absolute atomic E-state index is 12.4. The third-order valence-corrected chi connectivity index (χ3v) is 3.87. The second-order valence-corrected chi connectivity index (χ2v) is 5.98. The van der Waals surface area contributed by atoms with E-state index in [1.54, 1.807) is 12.1 Å². The first-order valence-electron chi connectivity index (χ1n) is 7.74. The van der Waals surface area contributed by atoms with Gasteiger partial charge in [0.05, 0.1) is 18.2 Å². The van der Waals surface area contributed by atoms with Gasteiger partial charge in [-0.3, -0.25) is 4.68 Å². The van der Waals surface area contributed by atoms with Crippen molar-refractivity contribution in [1.29, 1.82) is 0 Å². The molecule has 24 heavy (non-hydrogen) atoms. The molecule has 0 saturated carbocycles. The summed E-state index contributed by atoms with van der Waals surface area (Å²) in [7, 11) is 0. The summed E-state index contributed by atoms with van der Waals surface area (Å²) in [4.78, 5) is 11.1. The molecule has 1 aromatic heterocycles. The lowest BCUT2D eigenvalue weighted by Gasteiger charge is -2.21. The summed E-state index contributed by atoms with van der Waals surface area (Å²) in [6, 6.07) is 6.45. The third-order valence-electron chi connectivity index (χ3n) is 3.87. The molecule has 0 radical (unpaired) electrons. The Morgan fingerprint density at radius 1 is 1.42 bits per heavy atom. The SMILES string of the molecule is CC(C)n1nc(-c2cccc(OC(F)F)c2)c2c1CC(C=O)CO2. The fourth-order valence-corrected chi connectivity index (χ4v) is 2.81. The number of aromatic nitrogens is 2. The van der Waals surface area contributed by atoms with Crippen molar-refractivity contribution in [3.8, 4) is 22.8 Å². The first kappa shape index (κ1) is 16.4. The van der Waals surface area contributed by atoms with Crippen LogP contribution in [0.4, 0.5) is 8.78 Å². The highest BCUT2D eigenvalue weighted by Gasteiger charge is 2.29. The molecule has 0 fully saturated rings. The summed E-state index contributed by atoms with van der Waals surface area (Å²) in [5, 5.41) is 4.58. The number of aldehydes is 1. The Balaban J connectivity index is 2.04. The highest BCUT2D eigenvalue weighted by Crippen LogP contribution is 2.39. The average Bonchev–Trinajstić information content (AvgIpc) is 2.93. The van der Waals surface area contributed by atoms with Crippen LogP contribution in [0.5, 0.6) is 11.5 Å². The van der Waals surface area contributed by atoms with E-state index < -0.39 is 6.61 Å². The van der Waals surface area contributed by atoms with Gasteiger partial charge in [-0.25, -0.2) is 0 Å². The molecule has 1 unspecified atom stereocenters. The number of nitrogens with zero attached hydrogens (tertiary/aromatic N) is 2. The van der Waals surface area contributed by atoms with Crippen LogP contribution < -0.4 is 9.47 Å². The van der Waals surface area contributed by atoms with Gasteiger partial charge >= 0.3 is 6.61 Å². The Labute approximate surface area is 138 Å². The van der Waals surface area contributed by atoms with Crippen molar-refractivity contribution in [2.24, 2.45) is 5.92 Å². The number of rotatable bonds is 5. The van der Waals surface area contributed by atoms with Crippen molar-refractivity contribution >= 4 is 6.29 Å². The maximum atomic E-state index is 12.4. The molecule has 3 rings (SSSR count). The average molecular weight is 336 g/mol. The van der Waals surface area contributed by atoms with E-state index in [1.807, 2.05) is 18.5 Å². The number of hydrogen-bond acceptors (Lipinski definition) is 4. The lowest BCUT2D eigenvalue weighted by molar-refractivity contribution is -0.112. The summed E-state index contributed by atoms with van der Waals surface area (Å²) in [6.45, 7) is 1.38. The van der Waals surface area contributed by atoms with E-state index in [4.69, 9.17) is 4.74 Å². The molecular weight excluding hydrogens is 318 g/mol. The minimum atomic E-state index is -2.88. The van der Waals surface area contributed by atoms with Crippen LogP contribution in [0.3, 0.4) is 0 Å². The Bertz CT molecular complexity index is 743. The number of ether oxygens (including phenoxy) is 2. The monoisotopic (exact) mass is 336 g/mol. The molecule has 5 nitrogen and oxygen atoms in total. The van der Waals surface area contributed by atoms with E-state index in [1.165, 1.54) is 12.1 Å². The molecule has 7 heteroatoms. The van der Waals surface area contributed by atoms with Gasteiger partial charge in [-0.2, -0.15) is 13.9 Å². The first-order chi connectivity index (χ1) is 11.5. The van der Waals surface area contributed by atoms with Crippen molar-refractivity contribution in [2.45, 2.75) is 32.9 Å². The summed E-state index contributed by atoms with van der Waals surface area (Å²) < 4.78 is 36.9.